The Morgan fingerprint density at radius 2 is 2.26 bits per heavy atom. The van der Waals surface area contributed by atoms with Gasteiger partial charge in [0.1, 0.15) is 0 Å². The summed E-state index contributed by atoms with van der Waals surface area (Å²) in [4.78, 5) is 0. The van der Waals surface area contributed by atoms with Crippen LogP contribution in [-0.2, 0) is 0 Å². The second-order valence-corrected chi connectivity index (χ2v) is 6.56. The molecule has 0 aliphatic heterocycles. The third-order valence-corrected chi connectivity index (χ3v) is 5.53. The standard InChI is InChI=1S/C19H22/c1-2-6-13-8-5-10-17-18-12-15(18)11-14-7-3-4-9-16(13)19(14)17/h2,4,6-8,11,15-19H,5,9-10,12H2,1H3/b6-2-. The van der Waals surface area contributed by atoms with E-state index in [4.69, 9.17) is 0 Å². The molecule has 5 atom stereocenters. The van der Waals surface area contributed by atoms with Crippen molar-refractivity contribution < 1.29 is 0 Å². The first-order chi connectivity index (χ1) is 9.38. The average Bonchev–Trinajstić information content (AvgIpc) is 3.19. The predicted octanol–water partition coefficient (Wildman–Crippen LogP) is 4.82. The Morgan fingerprint density at radius 1 is 1.32 bits per heavy atom. The first kappa shape index (κ1) is 11.6. The SMILES string of the molecule is C/C=C\C1=CCCC2C3CC3C=C3C=C=CCC1C32. The molecule has 4 aliphatic rings. The molecule has 98 valence electrons. The van der Waals surface area contributed by atoms with E-state index in [0.717, 1.165) is 23.7 Å². The van der Waals surface area contributed by atoms with E-state index >= 15 is 0 Å². The van der Waals surface area contributed by atoms with Crippen molar-refractivity contribution in [3.8, 4) is 0 Å². The average molecular weight is 250 g/mol. The molecule has 0 aromatic rings. The maximum absolute atomic E-state index is 3.41. The molecule has 19 heavy (non-hydrogen) atoms. The summed E-state index contributed by atoms with van der Waals surface area (Å²) >= 11 is 0. The van der Waals surface area contributed by atoms with E-state index in [0.29, 0.717) is 5.92 Å². The van der Waals surface area contributed by atoms with Gasteiger partial charge in [-0.2, -0.15) is 0 Å². The summed E-state index contributed by atoms with van der Waals surface area (Å²) in [7, 11) is 0. The highest BCUT2D eigenvalue weighted by atomic mass is 14.5. The first-order valence-electron chi connectivity index (χ1n) is 7.84. The normalized spacial score (nSPS) is 42.9. The van der Waals surface area contributed by atoms with Crippen LogP contribution in [0.5, 0.6) is 0 Å². The van der Waals surface area contributed by atoms with Gasteiger partial charge in [0.25, 0.3) is 0 Å². The van der Waals surface area contributed by atoms with Gasteiger partial charge in [0.2, 0.25) is 0 Å². The highest BCUT2D eigenvalue weighted by molar-refractivity contribution is 5.38. The second-order valence-electron chi connectivity index (χ2n) is 6.56. The molecule has 0 saturated heterocycles. The van der Waals surface area contributed by atoms with Crippen molar-refractivity contribution in [2.45, 2.75) is 32.6 Å². The van der Waals surface area contributed by atoms with Gasteiger partial charge in [-0.15, -0.1) is 5.73 Å². The van der Waals surface area contributed by atoms with Gasteiger partial charge in [-0.1, -0.05) is 24.3 Å². The Morgan fingerprint density at radius 3 is 3.16 bits per heavy atom. The zero-order valence-corrected chi connectivity index (χ0v) is 11.7. The van der Waals surface area contributed by atoms with Crippen molar-refractivity contribution in [1.82, 2.24) is 0 Å². The summed E-state index contributed by atoms with van der Waals surface area (Å²) < 4.78 is 0. The fourth-order valence-electron chi connectivity index (χ4n) is 4.68. The van der Waals surface area contributed by atoms with Crippen molar-refractivity contribution >= 4 is 0 Å². The molecule has 0 aromatic heterocycles. The molecule has 0 amide bonds. The molecule has 0 aromatic carbocycles. The van der Waals surface area contributed by atoms with Crippen LogP contribution >= 0.6 is 0 Å². The van der Waals surface area contributed by atoms with E-state index < -0.39 is 0 Å². The maximum atomic E-state index is 3.41. The molecule has 0 nitrogen and oxygen atoms in total. The third kappa shape index (κ3) is 1.82. The molecule has 1 fully saturated rings. The maximum Gasteiger partial charge on any atom is -0.00528 e. The third-order valence-electron chi connectivity index (χ3n) is 5.53. The van der Waals surface area contributed by atoms with E-state index in [2.05, 4.69) is 49.1 Å². The molecule has 0 N–H and O–H groups in total. The number of hydrogen-bond donors (Lipinski definition) is 0. The van der Waals surface area contributed by atoms with Gasteiger partial charge in [0.05, 0.1) is 0 Å². The highest BCUT2D eigenvalue weighted by Crippen LogP contribution is 2.59. The van der Waals surface area contributed by atoms with E-state index in [-0.39, 0.29) is 0 Å². The van der Waals surface area contributed by atoms with Gasteiger partial charge in [-0.3, -0.25) is 0 Å². The Kier molecular flexibility index (Phi) is 2.67. The predicted molar refractivity (Wildman–Crippen MR) is 79.6 cm³/mol. The molecule has 0 radical (unpaired) electrons. The highest BCUT2D eigenvalue weighted by Gasteiger charge is 2.51. The molecule has 4 rings (SSSR count). The number of rotatable bonds is 1. The van der Waals surface area contributed by atoms with Crippen LogP contribution in [0.4, 0.5) is 0 Å². The zero-order chi connectivity index (χ0) is 12.8. The lowest BCUT2D eigenvalue weighted by Crippen LogP contribution is -2.28. The molecule has 0 heterocycles. The lowest BCUT2D eigenvalue weighted by Gasteiger charge is -2.35. The van der Waals surface area contributed by atoms with Gasteiger partial charge >= 0.3 is 0 Å². The van der Waals surface area contributed by atoms with Crippen molar-refractivity contribution in [2.24, 2.45) is 29.6 Å². The van der Waals surface area contributed by atoms with E-state index in [9.17, 15) is 0 Å². The molecule has 4 aliphatic carbocycles. The van der Waals surface area contributed by atoms with Crippen LogP contribution in [0.25, 0.3) is 0 Å². The van der Waals surface area contributed by atoms with Crippen LogP contribution in [-0.4, -0.2) is 0 Å². The lowest BCUT2D eigenvalue weighted by molar-refractivity contribution is 0.251. The van der Waals surface area contributed by atoms with Crippen LogP contribution in [0.1, 0.15) is 32.6 Å². The molecule has 0 heteroatoms. The monoisotopic (exact) mass is 250 g/mol. The Hall–Kier alpha value is -1.26. The summed E-state index contributed by atoms with van der Waals surface area (Å²) in [5.41, 5.74) is 6.59. The van der Waals surface area contributed by atoms with Crippen LogP contribution < -0.4 is 0 Å². The summed E-state index contributed by atoms with van der Waals surface area (Å²) in [6, 6.07) is 0. The molecule has 0 bridgehead atoms. The minimum absolute atomic E-state index is 0.697. The smallest absolute Gasteiger partial charge is 0.00528 e. The Bertz CT molecular complexity index is 536. The van der Waals surface area contributed by atoms with Crippen molar-refractivity contribution in [1.29, 1.82) is 0 Å². The van der Waals surface area contributed by atoms with E-state index in [1.807, 2.05) is 0 Å². The fourth-order valence-corrected chi connectivity index (χ4v) is 4.68. The van der Waals surface area contributed by atoms with Gasteiger partial charge in [0.15, 0.2) is 0 Å². The quantitative estimate of drug-likeness (QED) is 0.585. The lowest BCUT2D eigenvalue weighted by atomic mass is 9.68. The largest absolute Gasteiger partial charge is 0.125 e. The van der Waals surface area contributed by atoms with Crippen molar-refractivity contribution in [2.75, 3.05) is 0 Å². The number of fused-ring (bicyclic) bond motifs is 2. The fraction of sp³-hybridized carbons (Fsp3) is 0.526. The van der Waals surface area contributed by atoms with Gasteiger partial charge in [0, 0.05) is 0 Å². The topological polar surface area (TPSA) is 0 Å². The van der Waals surface area contributed by atoms with Crippen LogP contribution in [0.2, 0.25) is 0 Å². The minimum Gasteiger partial charge on any atom is -0.125 e. The minimum atomic E-state index is 0.697. The van der Waals surface area contributed by atoms with Gasteiger partial charge in [-0.25, -0.2) is 0 Å². The Balaban J connectivity index is 1.80. The summed E-state index contributed by atoms with van der Waals surface area (Å²) in [5.74, 6) is 4.29. The number of allylic oxidation sites excluding steroid dienone is 7. The van der Waals surface area contributed by atoms with Gasteiger partial charge < -0.3 is 0 Å². The van der Waals surface area contributed by atoms with Gasteiger partial charge in [-0.05, 0) is 85.5 Å². The van der Waals surface area contributed by atoms with Crippen molar-refractivity contribution in [3.63, 3.8) is 0 Å². The zero-order valence-electron chi connectivity index (χ0n) is 11.7. The summed E-state index contributed by atoms with van der Waals surface area (Å²) in [5, 5.41) is 0. The van der Waals surface area contributed by atoms with Crippen LogP contribution in [0.3, 0.4) is 0 Å². The van der Waals surface area contributed by atoms with Crippen molar-refractivity contribution in [3.05, 3.63) is 53.3 Å². The molecular weight excluding hydrogens is 228 g/mol. The van der Waals surface area contributed by atoms with E-state index in [1.54, 1.807) is 11.1 Å². The second kappa shape index (κ2) is 4.39. The summed E-state index contributed by atoms with van der Waals surface area (Å²) in [6.07, 6.45) is 19.5. The molecule has 1 saturated carbocycles. The number of hydrogen-bond acceptors (Lipinski definition) is 0. The molecular formula is C19H22. The Labute approximate surface area is 116 Å². The molecule has 5 unspecified atom stereocenters. The van der Waals surface area contributed by atoms with Crippen LogP contribution in [0.15, 0.2) is 53.3 Å². The van der Waals surface area contributed by atoms with Crippen LogP contribution in [0, 0.1) is 29.6 Å². The molecule has 0 spiro atoms. The van der Waals surface area contributed by atoms with E-state index in [1.165, 1.54) is 25.7 Å². The first-order valence-corrected chi connectivity index (χ1v) is 7.84. The summed E-state index contributed by atoms with van der Waals surface area (Å²) in [6.45, 7) is 2.14.